The number of amides is 4. The van der Waals surface area contributed by atoms with Gasteiger partial charge in [0.25, 0.3) is 5.91 Å². The Morgan fingerprint density at radius 3 is 2.37 bits per heavy atom. The number of aliphatic hydroxyl groups excluding tert-OH is 1. The fourth-order valence-electron chi connectivity index (χ4n) is 5.94. The Bertz CT molecular complexity index is 1820. The molecule has 1 aliphatic heterocycles. The molecule has 0 unspecified atom stereocenters. The van der Waals surface area contributed by atoms with Gasteiger partial charge in [-0.1, -0.05) is 31.2 Å². The van der Waals surface area contributed by atoms with E-state index in [2.05, 4.69) is 20.9 Å². The lowest BCUT2D eigenvalue weighted by molar-refractivity contribution is -0.134. The molecule has 0 radical (unpaired) electrons. The van der Waals surface area contributed by atoms with Crippen molar-refractivity contribution in [3.05, 3.63) is 108 Å². The largest absolute Gasteiger partial charge is 0.497 e. The molecule has 268 valence electrons. The predicted molar refractivity (Wildman–Crippen MR) is 199 cm³/mol. The number of nitrogens with two attached hydrogens (primary N) is 1. The van der Waals surface area contributed by atoms with E-state index in [4.69, 9.17) is 15.2 Å². The Labute approximate surface area is 298 Å². The molecule has 0 saturated heterocycles. The van der Waals surface area contributed by atoms with E-state index in [9.17, 15) is 19.5 Å². The van der Waals surface area contributed by atoms with Gasteiger partial charge in [-0.2, -0.15) is 0 Å². The average Bonchev–Trinajstić information content (AvgIpc) is 3.16. The minimum Gasteiger partial charge on any atom is -0.497 e. The maximum atomic E-state index is 13.6. The Balaban J connectivity index is 1.28. The second kappa shape index (κ2) is 16.9. The number of hydrogen-bond donors (Lipinski definition) is 5. The van der Waals surface area contributed by atoms with Gasteiger partial charge in [-0.25, -0.2) is 4.79 Å². The third-order valence-electron chi connectivity index (χ3n) is 8.89. The molecular formula is C39H46N6O6. The summed E-state index contributed by atoms with van der Waals surface area (Å²) in [4.78, 5) is 43.1. The third kappa shape index (κ3) is 9.77. The number of hydrogen-bond acceptors (Lipinski definition) is 8. The number of urea groups is 1. The Kier molecular flexibility index (Phi) is 12.1. The normalized spacial score (nSPS) is 16.5. The lowest BCUT2D eigenvalue weighted by Crippen LogP contribution is -2.47. The molecule has 0 fully saturated rings. The van der Waals surface area contributed by atoms with Crippen LogP contribution in [0, 0.1) is 5.92 Å². The molecular weight excluding hydrogens is 648 g/mol. The maximum Gasteiger partial charge on any atom is 0.323 e. The lowest BCUT2D eigenvalue weighted by atomic mass is 10.0. The highest BCUT2D eigenvalue weighted by atomic mass is 16.5. The van der Waals surface area contributed by atoms with E-state index in [0.29, 0.717) is 65.0 Å². The van der Waals surface area contributed by atoms with Crippen molar-refractivity contribution in [2.24, 2.45) is 5.92 Å². The number of carbonyl (C=O) groups excluding carboxylic acids is 3. The topological polar surface area (TPSA) is 158 Å². The van der Waals surface area contributed by atoms with Crippen LogP contribution in [0.3, 0.4) is 0 Å². The first-order chi connectivity index (χ1) is 24.5. The van der Waals surface area contributed by atoms with Gasteiger partial charge in [0.05, 0.1) is 37.6 Å². The molecule has 51 heavy (non-hydrogen) atoms. The summed E-state index contributed by atoms with van der Waals surface area (Å²) in [7, 11) is 3.57. The van der Waals surface area contributed by atoms with E-state index in [0.717, 1.165) is 5.56 Å². The van der Waals surface area contributed by atoms with E-state index in [1.807, 2.05) is 45.2 Å². The summed E-state index contributed by atoms with van der Waals surface area (Å²) >= 11 is 0. The summed E-state index contributed by atoms with van der Waals surface area (Å²) in [5.41, 5.74) is 10.3. The number of fused-ring (bicyclic) bond motifs is 1. The number of aliphatic hydroxyl groups is 1. The quantitative estimate of drug-likeness (QED) is 0.130. The molecule has 0 bridgehead atoms. The van der Waals surface area contributed by atoms with Crippen LogP contribution in [0.1, 0.15) is 35.3 Å². The van der Waals surface area contributed by atoms with Crippen LogP contribution < -0.4 is 31.2 Å². The zero-order chi connectivity index (χ0) is 36.5. The molecule has 5 rings (SSSR count). The number of rotatable bonds is 11. The van der Waals surface area contributed by atoms with Crippen LogP contribution >= 0.6 is 0 Å². The minimum absolute atomic E-state index is 0.0430. The van der Waals surface area contributed by atoms with Crippen molar-refractivity contribution in [3.63, 3.8) is 0 Å². The van der Waals surface area contributed by atoms with Gasteiger partial charge in [-0.3, -0.25) is 14.5 Å². The first-order valence-corrected chi connectivity index (χ1v) is 16.9. The number of ether oxygens (including phenoxy) is 2. The van der Waals surface area contributed by atoms with Crippen molar-refractivity contribution in [1.82, 2.24) is 9.80 Å². The number of para-hydroxylation sites is 2. The number of benzene rings is 4. The summed E-state index contributed by atoms with van der Waals surface area (Å²) in [5, 5.41) is 18.5. The molecule has 4 aromatic carbocycles. The lowest BCUT2D eigenvalue weighted by Gasteiger charge is -2.34. The van der Waals surface area contributed by atoms with Gasteiger partial charge < -0.3 is 41.2 Å². The zero-order valence-corrected chi connectivity index (χ0v) is 29.4. The van der Waals surface area contributed by atoms with Gasteiger partial charge in [0, 0.05) is 48.1 Å². The van der Waals surface area contributed by atoms with E-state index in [1.54, 1.807) is 78.7 Å². The van der Waals surface area contributed by atoms with Crippen molar-refractivity contribution in [3.8, 4) is 11.5 Å². The van der Waals surface area contributed by atoms with Crippen molar-refractivity contribution in [1.29, 1.82) is 0 Å². The first kappa shape index (κ1) is 36.7. The van der Waals surface area contributed by atoms with Crippen molar-refractivity contribution in [2.45, 2.75) is 39.0 Å². The van der Waals surface area contributed by atoms with Gasteiger partial charge in [-0.15, -0.1) is 0 Å². The minimum atomic E-state index is -0.436. The smallest absolute Gasteiger partial charge is 0.323 e. The molecule has 12 heteroatoms. The Morgan fingerprint density at radius 2 is 1.69 bits per heavy atom. The number of nitrogen functional groups attached to an aromatic ring is 1. The summed E-state index contributed by atoms with van der Waals surface area (Å²) in [6.45, 7) is 5.23. The maximum absolute atomic E-state index is 13.6. The van der Waals surface area contributed by atoms with Crippen LogP contribution in [-0.4, -0.2) is 78.8 Å². The number of anilines is 4. The number of nitrogens with zero attached hydrogens (tertiary/aromatic N) is 2. The molecule has 0 saturated carbocycles. The summed E-state index contributed by atoms with van der Waals surface area (Å²) in [6.07, 6.45) is -0.270. The predicted octanol–water partition coefficient (Wildman–Crippen LogP) is 5.45. The number of carbonyl (C=O) groups is 3. The fraction of sp³-hybridized carbons (Fsp3) is 0.308. The molecule has 0 spiro atoms. The monoisotopic (exact) mass is 694 g/mol. The van der Waals surface area contributed by atoms with Gasteiger partial charge in [-0.05, 0) is 86.3 Å². The average molecular weight is 695 g/mol. The molecule has 0 aromatic heterocycles. The highest BCUT2D eigenvalue weighted by Crippen LogP contribution is 2.30. The van der Waals surface area contributed by atoms with Crippen molar-refractivity contribution < 1.29 is 29.0 Å². The summed E-state index contributed by atoms with van der Waals surface area (Å²) in [6, 6.07) is 26.0. The Morgan fingerprint density at radius 1 is 1.00 bits per heavy atom. The van der Waals surface area contributed by atoms with Crippen LogP contribution in [0.5, 0.6) is 11.5 Å². The van der Waals surface area contributed by atoms with Gasteiger partial charge in [0.15, 0.2) is 0 Å². The van der Waals surface area contributed by atoms with E-state index in [-0.39, 0.29) is 42.9 Å². The first-order valence-electron chi connectivity index (χ1n) is 16.9. The number of likely N-dealkylation sites (N-methyl/N-ethyl adjacent to an activating group) is 1. The molecule has 4 aromatic rings. The van der Waals surface area contributed by atoms with Crippen LogP contribution in [-0.2, 0) is 17.8 Å². The van der Waals surface area contributed by atoms with Gasteiger partial charge in [0.2, 0.25) is 5.91 Å². The second-order valence-corrected chi connectivity index (χ2v) is 13.0. The van der Waals surface area contributed by atoms with E-state index in [1.165, 1.54) is 0 Å². The fourth-order valence-corrected chi connectivity index (χ4v) is 5.94. The molecule has 1 heterocycles. The third-order valence-corrected chi connectivity index (χ3v) is 8.89. The van der Waals surface area contributed by atoms with Gasteiger partial charge in [0.1, 0.15) is 17.6 Å². The van der Waals surface area contributed by atoms with Crippen LogP contribution in [0.15, 0.2) is 91.0 Å². The highest BCUT2D eigenvalue weighted by Gasteiger charge is 2.31. The molecule has 4 amide bonds. The second-order valence-electron chi connectivity index (χ2n) is 13.0. The van der Waals surface area contributed by atoms with Crippen LogP contribution in [0.4, 0.5) is 27.5 Å². The summed E-state index contributed by atoms with van der Waals surface area (Å²) in [5.74, 6) is 0.772. The van der Waals surface area contributed by atoms with Crippen molar-refractivity contribution >= 4 is 40.6 Å². The molecule has 6 N–H and O–H groups in total. The molecule has 1 aliphatic rings. The number of nitrogens with one attached hydrogen (secondary N) is 3. The highest BCUT2D eigenvalue weighted by molar-refractivity contribution is 6.05. The van der Waals surface area contributed by atoms with Crippen molar-refractivity contribution in [2.75, 3.05) is 55.5 Å². The molecule has 3 atom stereocenters. The van der Waals surface area contributed by atoms with Crippen LogP contribution in [0.2, 0.25) is 0 Å². The van der Waals surface area contributed by atoms with E-state index >= 15 is 0 Å². The molecule has 0 aliphatic carbocycles. The number of methoxy groups -OCH3 is 1. The van der Waals surface area contributed by atoms with E-state index < -0.39 is 6.03 Å². The Hall–Kier alpha value is -5.59. The van der Waals surface area contributed by atoms with Crippen LogP contribution in [0.25, 0.3) is 0 Å². The van der Waals surface area contributed by atoms with Gasteiger partial charge >= 0.3 is 6.03 Å². The SMILES string of the molecule is COc1ccc(NC(=O)Nc2ccc3c(c2)CC(=O)N([C@H](C)CO)C[C@@H](C)[C@@H](CN(C)Cc2ccc(C(=O)Nc4ccccc4N)cc2)O3)cc1. The zero-order valence-electron chi connectivity index (χ0n) is 29.4. The summed E-state index contributed by atoms with van der Waals surface area (Å²) < 4.78 is 11.8. The molecule has 12 nitrogen and oxygen atoms in total. The standard InChI is InChI=1S/C39H46N6O6/c1-25-21-45(26(2)24-46)37(47)20-29-19-31(42-39(49)41-30-13-16-32(50-4)17-14-30)15-18-35(29)51-36(25)23-44(3)22-27-9-11-28(12-10-27)38(48)43-34-8-6-5-7-33(34)40/h5-19,25-26,36,46H,20-24,40H2,1-4H3,(H,43,48)(H2,41,42,49)/t25-,26-,36-/m1/s1.